The predicted octanol–water partition coefficient (Wildman–Crippen LogP) is 0.931. The second-order valence-corrected chi connectivity index (χ2v) is 3.91. The Hall–Kier alpha value is -0.980. The Labute approximate surface area is 86.6 Å². The van der Waals surface area contributed by atoms with E-state index in [1.807, 2.05) is 0 Å². The molecule has 5 nitrogen and oxygen atoms in total. The fraction of sp³-hybridized carbons (Fsp3) is 0.143. The van der Waals surface area contributed by atoms with Gasteiger partial charge in [0.1, 0.15) is 0 Å². The lowest BCUT2D eigenvalue weighted by molar-refractivity contribution is 0.391. The van der Waals surface area contributed by atoms with Crippen molar-refractivity contribution in [3.8, 4) is 11.5 Å². The highest BCUT2D eigenvalue weighted by molar-refractivity contribution is 7.84. The summed E-state index contributed by atoms with van der Waals surface area (Å²) < 4.78 is 30.6. The van der Waals surface area contributed by atoms with Gasteiger partial charge in [-0.3, -0.25) is 0 Å². The highest BCUT2D eigenvalue weighted by atomic mass is 35.5. The van der Waals surface area contributed by atoms with Crippen LogP contribution < -0.4 is 14.1 Å². The maximum Gasteiger partial charge on any atom is 0.380 e. The topological polar surface area (TPSA) is 78.6 Å². The number of ether oxygens (including phenoxy) is 1. The maximum absolute atomic E-state index is 10.7. The Bertz CT molecular complexity index is 431. The summed E-state index contributed by atoms with van der Waals surface area (Å²) in [4.78, 5) is 0. The molecule has 2 N–H and O–H groups in total. The van der Waals surface area contributed by atoms with Crippen molar-refractivity contribution >= 4 is 21.9 Å². The minimum Gasteiger partial charge on any atom is -0.493 e. The van der Waals surface area contributed by atoms with Gasteiger partial charge in [-0.15, -0.1) is 0 Å². The van der Waals surface area contributed by atoms with E-state index in [2.05, 4.69) is 4.18 Å². The van der Waals surface area contributed by atoms with Crippen LogP contribution in [0.1, 0.15) is 0 Å². The van der Waals surface area contributed by atoms with Crippen LogP contribution in [0.25, 0.3) is 0 Å². The molecule has 0 heterocycles. The van der Waals surface area contributed by atoms with Crippen LogP contribution in [0, 0.1) is 0 Å². The molecule has 0 aromatic heterocycles. The van der Waals surface area contributed by atoms with Gasteiger partial charge in [0.15, 0.2) is 5.75 Å². The lowest BCUT2D eigenvalue weighted by Crippen LogP contribution is -2.19. The average molecular weight is 238 g/mol. The Morgan fingerprint density at radius 3 is 2.57 bits per heavy atom. The molecular formula is C7H8ClNO4S. The number of hydrogen-bond donors (Lipinski definition) is 1. The van der Waals surface area contributed by atoms with E-state index in [1.165, 1.54) is 19.2 Å². The quantitative estimate of drug-likeness (QED) is 0.848. The zero-order chi connectivity index (χ0) is 10.8. The van der Waals surface area contributed by atoms with E-state index in [-0.39, 0.29) is 16.5 Å². The standard InChI is InChI=1S/C7H8ClNO4S/c1-12-6-4-2-3-5(8)7(6)13-14(9,10)11/h2-4H,1H3,(H2,9,10,11). The lowest BCUT2D eigenvalue weighted by atomic mass is 10.3. The number of hydrogen-bond acceptors (Lipinski definition) is 4. The Morgan fingerprint density at radius 1 is 1.43 bits per heavy atom. The smallest absolute Gasteiger partial charge is 0.380 e. The minimum atomic E-state index is -4.10. The molecule has 0 aliphatic heterocycles. The van der Waals surface area contributed by atoms with E-state index in [1.54, 1.807) is 6.07 Å². The van der Waals surface area contributed by atoms with Crippen LogP contribution in [0.15, 0.2) is 18.2 Å². The molecular weight excluding hydrogens is 230 g/mol. The zero-order valence-electron chi connectivity index (χ0n) is 7.23. The van der Waals surface area contributed by atoms with E-state index in [4.69, 9.17) is 21.5 Å². The minimum absolute atomic E-state index is 0.110. The molecule has 1 aromatic rings. The summed E-state index contributed by atoms with van der Waals surface area (Å²) >= 11 is 5.69. The fourth-order valence-corrected chi connectivity index (χ4v) is 1.50. The summed E-state index contributed by atoms with van der Waals surface area (Å²) in [6, 6.07) is 4.56. The maximum atomic E-state index is 10.7. The van der Waals surface area contributed by atoms with Crippen molar-refractivity contribution in [2.24, 2.45) is 5.14 Å². The van der Waals surface area contributed by atoms with Crippen molar-refractivity contribution in [2.45, 2.75) is 0 Å². The van der Waals surface area contributed by atoms with Gasteiger partial charge in [0.2, 0.25) is 5.75 Å². The number of methoxy groups -OCH3 is 1. The van der Waals surface area contributed by atoms with Crippen LogP contribution >= 0.6 is 11.6 Å². The second-order valence-electron chi connectivity index (χ2n) is 2.35. The van der Waals surface area contributed by atoms with Gasteiger partial charge < -0.3 is 8.92 Å². The van der Waals surface area contributed by atoms with Crippen LogP contribution in [0.3, 0.4) is 0 Å². The molecule has 78 valence electrons. The molecule has 0 atom stereocenters. The van der Waals surface area contributed by atoms with Crippen molar-refractivity contribution < 1.29 is 17.3 Å². The molecule has 0 saturated heterocycles. The van der Waals surface area contributed by atoms with Crippen LogP contribution in [0.5, 0.6) is 11.5 Å². The van der Waals surface area contributed by atoms with Crippen LogP contribution in [-0.2, 0) is 10.3 Å². The molecule has 0 unspecified atom stereocenters. The number of halogens is 1. The third kappa shape index (κ3) is 2.76. The average Bonchev–Trinajstić information content (AvgIpc) is 2.06. The number of nitrogens with two attached hydrogens (primary N) is 1. The van der Waals surface area contributed by atoms with Crippen molar-refractivity contribution in [1.29, 1.82) is 0 Å². The van der Waals surface area contributed by atoms with Crippen LogP contribution in [0.2, 0.25) is 5.02 Å². The van der Waals surface area contributed by atoms with Crippen LogP contribution in [0.4, 0.5) is 0 Å². The molecule has 0 bridgehead atoms. The fourth-order valence-electron chi connectivity index (χ4n) is 0.847. The largest absolute Gasteiger partial charge is 0.493 e. The Morgan fingerprint density at radius 2 is 2.07 bits per heavy atom. The third-order valence-electron chi connectivity index (χ3n) is 1.35. The summed E-state index contributed by atoms with van der Waals surface area (Å²) in [5, 5.41) is 4.81. The van der Waals surface area contributed by atoms with Crippen molar-refractivity contribution in [3.05, 3.63) is 23.2 Å². The number of benzene rings is 1. The predicted molar refractivity (Wildman–Crippen MR) is 51.7 cm³/mol. The normalized spacial score (nSPS) is 11.1. The molecule has 0 saturated carbocycles. The van der Waals surface area contributed by atoms with E-state index in [9.17, 15) is 8.42 Å². The molecule has 0 aliphatic carbocycles. The van der Waals surface area contributed by atoms with Gasteiger partial charge in [0.25, 0.3) is 0 Å². The van der Waals surface area contributed by atoms with E-state index in [0.29, 0.717) is 0 Å². The van der Waals surface area contributed by atoms with Gasteiger partial charge in [-0.2, -0.15) is 13.6 Å². The van der Waals surface area contributed by atoms with Crippen molar-refractivity contribution in [1.82, 2.24) is 0 Å². The first-order valence-corrected chi connectivity index (χ1v) is 5.33. The van der Waals surface area contributed by atoms with E-state index in [0.717, 1.165) is 0 Å². The van der Waals surface area contributed by atoms with Crippen molar-refractivity contribution in [2.75, 3.05) is 7.11 Å². The first kappa shape index (κ1) is 11.1. The molecule has 14 heavy (non-hydrogen) atoms. The highest BCUT2D eigenvalue weighted by Crippen LogP contribution is 2.34. The van der Waals surface area contributed by atoms with E-state index < -0.39 is 10.3 Å². The Kier molecular flexibility index (Phi) is 3.20. The molecule has 0 spiro atoms. The molecule has 1 aromatic carbocycles. The second kappa shape index (κ2) is 4.04. The monoisotopic (exact) mass is 237 g/mol. The summed E-state index contributed by atoms with van der Waals surface area (Å²) in [7, 11) is -2.73. The van der Waals surface area contributed by atoms with Crippen molar-refractivity contribution in [3.63, 3.8) is 0 Å². The van der Waals surface area contributed by atoms with E-state index >= 15 is 0 Å². The van der Waals surface area contributed by atoms with Gasteiger partial charge in [-0.1, -0.05) is 17.7 Å². The zero-order valence-corrected chi connectivity index (χ0v) is 8.80. The van der Waals surface area contributed by atoms with Gasteiger partial charge in [-0.25, -0.2) is 0 Å². The number of para-hydroxylation sites is 1. The Balaban J connectivity index is 3.18. The molecule has 0 radical (unpaired) electrons. The molecule has 0 amide bonds. The third-order valence-corrected chi connectivity index (χ3v) is 2.05. The first-order valence-electron chi connectivity index (χ1n) is 3.49. The molecule has 7 heteroatoms. The SMILES string of the molecule is COc1cccc(Cl)c1OS(N)(=O)=O. The summed E-state index contributed by atoms with van der Waals surface area (Å²) in [6.45, 7) is 0. The molecule has 0 fully saturated rings. The summed E-state index contributed by atoms with van der Waals surface area (Å²) in [6.07, 6.45) is 0. The lowest BCUT2D eigenvalue weighted by Gasteiger charge is -2.08. The van der Waals surface area contributed by atoms with Crippen LogP contribution in [-0.4, -0.2) is 15.5 Å². The summed E-state index contributed by atoms with van der Waals surface area (Å²) in [5.74, 6) is 0.0886. The first-order chi connectivity index (χ1) is 6.44. The molecule has 0 aliphatic rings. The summed E-state index contributed by atoms with van der Waals surface area (Å²) in [5.41, 5.74) is 0. The van der Waals surface area contributed by atoms with Gasteiger partial charge >= 0.3 is 10.3 Å². The molecule has 1 rings (SSSR count). The highest BCUT2D eigenvalue weighted by Gasteiger charge is 2.14. The van der Waals surface area contributed by atoms with Gasteiger partial charge in [0.05, 0.1) is 12.1 Å². The van der Waals surface area contributed by atoms with Gasteiger partial charge in [0, 0.05) is 0 Å². The number of rotatable bonds is 3. The van der Waals surface area contributed by atoms with Gasteiger partial charge in [-0.05, 0) is 12.1 Å².